The maximum Gasteiger partial charge on any atom is 0.322 e. The average molecular weight is 341 g/mol. The number of urea groups is 1. The van der Waals surface area contributed by atoms with E-state index in [1.165, 1.54) is 31.2 Å². The van der Waals surface area contributed by atoms with Crippen LogP contribution in [0.15, 0.2) is 30.3 Å². The molecule has 3 amide bonds. The molecule has 0 bridgehead atoms. The lowest BCUT2D eigenvalue weighted by atomic mass is 9.78. The summed E-state index contributed by atoms with van der Waals surface area (Å²) in [7, 11) is 0. The standard InChI is InChI=1S/C20H27N3O2/c24-18-20(23-19(25)22-18)12-10-16(11-13-20)21-17(15-8-4-5-9-15)14-6-2-1-3-7-14/h1-3,6-7,15-17,21H,4-5,8-13H2,(H2,22,23,24,25)/t16?,17-,20?/m0/s1. The van der Waals surface area contributed by atoms with Crippen molar-refractivity contribution in [2.24, 2.45) is 5.92 Å². The SMILES string of the molecule is O=C1NC(=O)C2(CCC(N[C@@H](c3ccccc3)C3CCCC3)CC2)N1. The molecule has 1 saturated heterocycles. The van der Waals surface area contributed by atoms with Crippen LogP contribution in [0, 0.1) is 5.92 Å². The van der Waals surface area contributed by atoms with Gasteiger partial charge in [-0.1, -0.05) is 43.2 Å². The molecule has 1 atom stereocenters. The Morgan fingerprint density at radius 1 is 1.00 bits per heavy atom. The minimum atomic E-state index is -0.662. The largest absolute Gasteiger partial charge is 0.323 e. The second kappa shape index (κ2) is 6.79. The zero-order valence-corrected chi connectivity index (χ0v) is 14.6. The second-order valence-corrected chi connectivity index (χ2v) is 7.86. The van der Waals surface area contributed by atoms with E-state index in [1.807, 2.05) is 0 Å². The van der Waals surface area contributed by atoms with Crippen LogP contribution in [0.2, 0.25) is 0 Å². The number of rotatable bonds is 4. The summed E-state index contributed by atoms with van der Waals surface area (Å²) < 4.78 is 0. The van der Waals surface area contributed by atoms with Crippen LogP contribution in [0.4, 0.5) is 4.79 Å². The van der Waals surface area contributed by atoms with E-state index in [2.05, 4.69) is 46.3 Å². The number of nitrogens with one attached hydrogen (secondary N) is 3. The maximum atomic E-state index is 12.1. The Bertz CT molecular complexity index is 632. The first-order valence-corrected chi connectivity index (χ1v) is 9.61. The van der Waals surface area contributed by atoms with Crippen molar-refractivity contribution >= 4 is 11.9 Å². The highest BCUT2D eigenvalue weighted by Crippen LogP contribution is 2.38. The highest BCUT2D eigenvalue weighted by molar-refractivity contribution is 6.07. The fourth-order valence-corrected chi connectivity index (χ4v) is 4.87. The van der Waals surface area contributed by atoms with Gasteiger partial charge < -0.3 is 10.6 Å². The first-order chi connectivity index (χ1) is 12.2. The van der Waals surface area contributed by atoms with Crippen molar-refractivity contribution in [3.63, 3.8) is 0 Å². The fourth-order valence-electron chi connectivity index (χ4n) is 4.87. The van der Waals surface area contributed by atoms with Crippen molar-refractivity contribution in [3.8, 4) is 0 Å². The summed E-state index contributed by atoms with van der Waals surface area (Å²) in [4.78, 5) is 23.6. The Morgan fingerprint density at radius 2 is 1.68 bits per heavy atom. The summed E-state index contributed by atoms with van der Waals surface area (Å²) in [5.74, 6) is 0.555. The number of carbonyl (C=O) groups is 2. The van der Waals surface area contributed by atoms with Crippen LogP contribution >= 0.6 is 0 Å². The monoisotopic (exact) mass is 341 g/mol. The molecule has 5 nitrogen and oxygen atoms in total. The predicted molar refractivity (Wildman–Crippen MR) is 95.9 cm³/mol. The molecule has 3 fully saturated rings. The lowest BCUT2D eigenvalue weighted by molar-refractivity contribution is -0.125. The second-order valence-electron chi connectivity index (χ2n) is 7.86. The van der Waals surface area contributed by atoms with E-state index in [9.17, 15) is 9.59 Å². The quantitative estimate of drug-likeness (QED) is 0.737. The van der Waals surface area contributed by atoms with Crippen molar-refractivity contribution in [3.05, 3.63) is 35.9 Å². The van der Waals surface area contributed by atoms with Gasteiger partial charge in [0.05, 0.1) is 0 Å². The number of carbonyl (C=O) groups excluding carboxylic acids is 2. The summed E-state index contributed by atoms with van der Waals surface area (Å²) in [5, 5.41) is 9.15. The van der Waals surface area contributed by atoms with Crippen LogP contribution in [0.3, 0.4) is 0 Å². The Kier molecular flexibility index (Phi) is 4.50. The Balaban J connectivity index is 1.43. The van der Waals surface area contributed by atoms with Gasteiger partial charge in [-0.05, 0) is 50.0 Å². The van der Waals surface area contributed by atoms with Gasteiger partial charge in [-0.2, -0.15) is 0 Å². The highest BCUT2D eigenvalue weighted by Gasteiger charge is 2.48. The molecule has 3 aliphatic rings. The maximum absolute atomic E-state index is 12.1. The fraction of sp³-hybridized carbons (Fsp3) is 0.600. The van der Waals surface area contributed by atoms with Gasteiger partial charge in [-0.15, -0.1) is 0 Å². The van der Waals surface area contributed by atoms with E-state index in [1.54, 1.807) is 0 Å². The van der Waals surface area contributed by atoms with Crippen molar-refractivity contribution in [2.75, 3.05) is 0 Å². The molecule has 0 radical (unpaired) electrons. The molecular formula is C20H27N3O2. The molecule has 1 spiro atoms. The summed E-state index contributed by atoms with van der Waals surface area (Å²) >= 11 is 0. The summed E-state index contributed by atoms with van der Waals surface area (Å²) in [6.07, 6.45) is 8.52. The smallest absolute Gasteiger partial charge is 0.322 e. The molecule has 134 valence electrons. The molecule has 0 aromatic heterocycles. The Labute approximate surface area is 148 Å². The molecule has 2 aliphatic carbocycles. The van der Waals surface area contributed by atoms with Crippen LogP contribution in [0.1, 0.15) is 63.0 Å². The van der Waals surface area contributed by atoms with Crippen LogP contribution in [-0.4, -0.2) is 23.5 Å². The Hall–Kier alpha value is -1.88. The minimum Gasteiger partial charge on any atom is -0.323 e. The van der Waals surface area contributed by atoms with Crippen LogP contribution in [-0.2, 0) is 4.79 Å². The average Bonchev–Trinajstić information content (AvgIpc) is 3.24. The van der Waals surface area contributed by atoms with Crippen molar-refractivity contribution in [1.29, 1.82) is 0 Å². The third-order valence-corrected chi connectivity index (χ3v) is 6.30. The van der Waals surface area contributed by atoms with E-state index < -0.39 is 5.54 Å². The molecule has 4 rings (SSSR count). The van der Waals surface area contributed by atoms with E-state index in [-0.39, 0.29) is 11.9 Å². The van der Waals surface area contributed by atoms with Crippen LogP contribution in [0.5, 0.6) is 0 Å². The highest BCUT2D eigenvalue weighted by atomic mass is 16.2. The first kappa shape index (κ1) is 16.6. The van der Waals surface area contributed by atoms with Crippen LogP contribution in [0.25, 0.3) is 0 Å². The molecule has 1 heterocycles. The van der Waals surface area contributed by atoms with Gasteiger partial charge in [-0.25, -0.2) is 4.79 Å². The van der Waals surface area contributed by atoms with Crippen LogP contribution < -0.4 is 16.0 Å². The van der Waals surface area contributed by atoms with Gasteiger partial charge in [0.25, 0.3) is 5.91 Å². The van der Waals surface area contributed by atoms with Gasteiger partial charge in [0.2, 0.25) is 0 Å². The number of imide groups is 1. The topological polar surface area (TPSA) is 70.2 Å². The third kappa shape index (κ3) is 3.30. The molecular weight excluding hydrogens is 314 g/mol. The van der Waals surface area contributed by atoms with Gasteiger partial charge >= 0.3 is 6.03 Å². The van der Waals surface area contributed by atoms with E-state index >= 15 is 0 Å². The summed E-state index contributed by atoms with van der Waals surface area (Å²) in [6.45, 7) is 0. The van der Waals surface area contributed by atoms with Gasteiger partial charge in [0.15, 0.2) is 0 Å². The third-order valence-electron chi connectivity index (χ3n) is 6.30. The molecule has 25 heavy (non-hydrogen) atoms. The lowest BCUT2D eigenvalue weighted by Crippen LogP contribution is -2.52. The molecule has 0 unspecified atom stereocenters. The lowest BCUT2D eigenvalue weighted by Gasteiger charge is -2.38. The summed E-state index contributed by atoms with van der Waals surface area (Å²) in [5.41, 5.74) is 0.715. The summed E-state index contributed by atoms with van der Waals surface area (Å²) in [6, 6.07) is 11.2. The normalized spacial score (nSPS) is 31.1. The van der Waals surface area contributed by atoms with Gasteiger partial charge in [0.1, 0.15) is 5.54 Å². The van der Waals surface area contributed by atoms with E-state index in [0.29, 0.717) is 30.8 Å². The molecule has 1 aliphatic heterocycles. The first-order valence-electron chi connectivity index (χ1n) is 9.61. The predicted octanol–water partition coefficient (Wildman–Crippen LogP) is 3.03. The molecule has 5 heteroatoms. The van der Waals surface area contributed by atoms with E-state index in [0.717, 1.165) is 12.8 Å². The molecule has 1 aromatic carbocycles. The van der Waals surface area contributed by atoms with Crippen molar-refractivity contribution in [1.82, 2.24) is 16.0 Å². The van der Waals surface area contributed by atoms with Crippen molar-refractivity contribution in [2.45, 2.75) is 69.0 Å². The van der Waals surface area contributed by atoms with Crippen molar-refractivity contribution < 1.29 is 9.59 Å². The number of benzene rings is 1. The zero-order valence-electron chi connectivity index (χ0n) is 14.6. The molecule has 2 saturated carbocycles. The van der Waals surface area contributed by atoms with Gasteiger partial charge in [0, 0.05) is 12.1 Å². The minimum absolute atomic E-state index is 0.147. The zero-order chi connectivity index (χ0) is 17.3. The molecule has 3 N–H and O–H groups in total. The number of hydrogen-bond acceptors (Lipinski definition) is 3. The molecule has 1 aromatic rings. The van der Waals surface area contributed by atoms with Gasteiger partial charge in [-0.3, -0.25) is 10.1 Å². The van der Waals surface area contributed by atoms with E-state index in [4.69, 9.17) is 0 Å². The number of amides is 3. The Morgan fingerprint density at radius 3 is 2.28 bits per heavy atom. The number of hydrogen-bond donors (Lipinski definition) is 3.